The minimum Gasteiger partial charge on any atom is -0.383 e. The molecule has 1 aromatic heterocycles. The maximum atomic E-state index is 9.03. The molecule has 0 saturated carbocycles. The first-order valence-corrected chi connectivity index (χ1v) is 5.30. The van der Waals surface area contributed by atoms with E-state index < -0.39 is 0 Å². The maximum Gasteiger partial charge on any atom is 0.140 e. The molecule has 1 aromatic rings. The van der Waals surface area contributed by atoms with Crippen molar-refractivity contribution in [2.24, 2.45) is 0 Å². The number of nitriles is 1. The summed E-state index contributed by atoms with van der Waals surface area (Å²) in [5, 5.41) is 13.5. The lowest BCUT2D eigenvalue weighted by Gasteiger charge is -2.10. The zero-order valence-electron chi connectivity index (χ0n) is 9.78. The van der Waals surface area contributed by atoms with Gasteiger partial charge < -0.3 is 5.73 Å². The van der Waals surface area contributed by atoms with Crippen LogP contribution in [0.1, 0.15) is 57.3 Å². The molecule has 4 heteroatoms. The van der Waals surface area contributed by atoms with Crippen LogP contribution >= 0.6 is 0 Å². The van der Waals surface area contributed by atoms with E-state index in [1.807, 2.05) is 13.8 Å². The Morgan fingerprint density at radius 2 is 2.07 bits per heavy atom. The Kier molecular flexibility index (Phi) is 3.35. The highest BCUT2D eigenvalue weighted by molar-refractivity contribution is 5.53. The molecule has 0 aliphatic rings. The lowest BCUT2D eigenvalue weighted by molar-refractivity contribution is 0.478. The molecule has 0 aromatic carbocycles. The summed E-state index contributed by atoms with van der Waals surface area (Å²) in [5.41, 5.74) is 7.24. The summed E-state index contributed by atoms with van der Waals surface area (Å²) in [7, 11) is 0. The topological polar surface area (TPSA) is 67.6 Å². The van der Waals surface area contributed by atoms with Crippen molar-refractivity contribution in [3.05, 3.63) is 11.3 Å². The largest absolute Gasteiger partial charge is 0.383 e. The Labute approximate surface area is 90.7 Å². The van der Waals surface area contributed by atoms with E-state index in [2.05, 4.69) is 25.0 Å². The number of hydrogen-bond acceptors (Lipinski definition) is 3. The molecule has 15 heavy (non-hydrogen) atoms. The van der Waals surface area contributed by atoms with Crippen LogP contribution < -0.4 is 5.73 Å². The van der Waals surface area contributed by atoms with Gasteiger partial charge in [0.05, 0.1) is 11.7 Å². The molecule has 2 N–H and O–H groups in total. The monoisotopic (exact) mass is 206 g/mol. The highest BCUT2D eigenvalue weighted by atomic mass is 15.3. The molecule has 0 aliphatic heterocycles. The Balaban J connectivity index is 3.29. The van der Waals surface area contributed by atoms with Gasteiger partial charge in [0.15, 0.2) is 0 Å². The van der Waals surface area contributed by atoms with E-state index in [9.17, 15) is 0 Å². The minimum atomic E-state index is 0.229. The van der Waals surface area contributed by atoms with E-state index in [1.54, 1.807) is 4.68 Å². The fourth-order valence-corrected chi connectivity index (χ4v) is 1.49. The second-order valence-corrected chi connectivity index (χ2v) is 4.11. The van der Waals surface area contributed by atoms with Crippen molar-refractivity contribution in [3.8, 4) is 6.07 Å². The van der Waals surface area contributed by atoms with Gasteiger partial charge in [0, 0.05) is 0 Å². The van der Waals surface area contributed by atoms with E-state index >= 15 is 0 Å². The van der Waals surface area contributed by atoms with Gasteiger partial charge in [-0.3, -0.25) is 0 Å². The molecule has 1 atom stereocenters. The maximum absolute atomic E-state index is 9.03. The van der Waals surface area contributed by atoms with Crippen LogP contribution in [0.15, 0.2) is 0 Å². The molecule has 0 fully saturated rings. The summed E-state index contributed by atoms with van der Waals surface area (Å²) < 4.78 is 1.76. The molecule has 0 amide bonds. The predicted molar refractivity (Wildman–Crippen MR) is 60.4 cm³/mol. The molecule has 1 heterocycles. The summed E-state index contributed by atoms with van der Waals surface area (Å²) in [6, 6.07) is 2.38. The van der Waals surface area contributed by atoms with Crippen molar-refractivity contribution in [1.29, 1.82) is 5.26 Å². The third kappa shape index (κ3) is 1.96. The van der Waals surface area contributed by atoms with Crippen LogP contribution in [0.3, 0.4) is 0 Å². The Morgan fingerprint density at radius 1 is 1.47 bits per heavy atom. The van der Waals surface area contributed by atoms with Crippen LogP contribution in [-0.4, -0.2) is 9.78 Å². The number of nitrogens with two attached hydrogens (primary N) is 1. The van der Waals surface area contributed by atoms with Crippen LogP contribution in [0.5, 0.6) is 0 Å². The molecule has 0 unspecified atom stereocenters. The fourth-order valence-electron chi connectivity index (χ4n) is 1.49. The van der Waals surface area contributed by atoms with Gasteiger partial charge in [0.1, 0.15) is 17.5 Å². The standard InChI is InChI=1S/C11H18N4/c1-5-8(4)15-11(13)9(6-12)10(14-15)7(2)3/h7-8H,5,13H2,1-4H3/t8-/m0/s1. The lowest BCUT2D eigenvalue weighted by atomic mass is 10.1. The van der Waals surface area contributed by atoms with Gasteiger partial charge in [0.2, 0.25) is 0 Å². The van der Waals surface area contributed by atoms with E-state index in [0.717, 1.165) is 12.1 Å². The number of hydrogen-bond donors (Lipinski definition) is 1. The third-order valence-electron chi connectivity index (χ3n) is 2.64. The summed E-state index contributed by atoms with van der Waals surface area (Å²) >= 11 is 0. The average molecular weight is 206 g/mol. The van der Waals surface area contributed by atoms with E-state index in [-0.39, 0.29) is 12.0 Å². The number of nitrogen functional groups attached to an aromatic ring is 1. The normalized spacial score (nSPS) is 12.8. The first-order chi connectivity index (χ1) is 7.02. The first-order valence-electron chi connectivity index (χ1n) is 5.30. The van der Waals surface area contributed by atoms with Crippen LogP contribution in [0, 0.1) is 11.3 Å². The minimum absolute atomic E-state index is 0.229. The van der Waals surface area contributed by atoms with Crippen LogP contribution in [0.25, 0.3) is 0 Å². The quantitative estimate of drug-likeness (QED) is 0.825. The molecule has 0 radical (unpaired) electrons. The fraction of sp³-hybridized carbons (Fsp3) is 0.636. The average Bonchev–Trinajstić information content (AvgIpc) is 2.54. The predicted octanol–water partition coefficient (Wildman–Crippen LogP) is 2.43. The van der Waals surface area contributed by atoms with E-state index in [1.165, 1.54) is 0 Å². The molecule has 82 valence electrons. The highest BCUT2D eigenvalue weighted by Crippen LogP contribution is 2.26. The van der Waals surface area contributed by atoms with Gasteiger partial charge >= 0.3 is 0 Å². The SMILES string of the molecule is CC[C@H](C)n1nc(C(C)C)c(C#N)c1N. The third-order valence-corrected chi connectivity index (χ3v) is 2.64. The second-order valence-electron chi connectivity index (χ2n) is 4.11. The first kappa shape index (κ1) is 11.6. The molecule has 1 rings (SSSR count). The van der Waals surface area contributed by atoms with Gasteiger partial charge in [-0.1, -0.05) is 20.8 Å². The van der Waals surface area contributed by atoms with E-state index in [0.29, 0.717) is 11.4 Å². The molecule has 4 nitrogen and oxygen atoms in total. The lowest BCUT2D eigenvalue weighted by Crippen LogP contribution is -2.09. The van der Waals surface area contributed by atoms with Crippen molar-refractivity contribution < 1.29 is 0 Å². The number of rotatable bonds is 3. The zero-order valence-corrected chi connectivity index (χ0v) is 9.78. The van der Waals surface area contributed by atoms with Crippen molar-refractivity contribution in [1.82, 2.24) is 9.78 Å². The molecular formula is C11H18N4. The number of anilines is 1. The highest BCUT2D eigenvalue weighted by Gasteiger charge is 2.19. The summed E-state index contributed by atoms with van der Waals surface area (Å²) in [6.07, 6.45) is 0.953. The molecule has 0 bridgehead atoms. The smallest absolute Gasteiger partial charge is 0.140 e. The summed E-state index contributed by atoms with van der Waals surface area (Å²) in [6.45, 7) is 8.16. The van der Waals surface area contributed by atoms with Crippen molar-refractivity contribution >= 4 is 5.82 Å². The summed E-state index contributed by atoms with van der Waals surface area (Å²) in [4.78, 5) is 0. The molecule has 0 spiro atoms. The summed E-state index contributed by atoms with van der Waals surface area (Å²) in [5.74, 6) is 0.725. The van der Waals surface area contributed by atoms with Gasteiger partial charge in [-0.25, -0.2) is 4.68 Å². The Hall–Kier alpha value is -1.50. The molecule has 0 aliphatic carbocycles. The van der Waals surface area contributed by atoms with Gasteiger partial charge in [-0.15, -0.1) is 0 Å². The van der Waals surface area contributed by atoms with Gasteiger partial charge in [0.25, 0.3) is 0 Å². The zero-order chi connectivity index (χ0) is 11.6. The Bertz CT molecular complexity index is 384. The van der Waals surface area contributed by atoms with Crippen molar-refractivity contribution in [2.75, 3.05) is 5.73 Å². The van der Waals surface area contributed by atoms with Crippen LogP contribution in [0.2, 0.25) is 0 Å². The van der Waals surface area contributed by atoms with Crippen LogP contribution in [-0.2, 0) is 0 Å². The van der Waals surface area contributed by atoms with E-state index in [4.69, 9.17) is 11.0 Å². The van der Waals surface area contributed by atoms with Crippen molar-refractivity contribution in [3.63, 3.8) is 0 Å². The number of nitrogens with zero attached hydrogens (tertiary/aromatic N) is 3. The van der Waals surface area contributed by atoms with Gasteiger partial charge in [-0.2, -0.15) is 10.4 Å². The molecular weight excluding hydrogens is 188 g/mol. The van der Waals surface area contributed by atoms with Crippen molar-refractivity contribution in [2.45, 2.75) is 46.1 Å². The number of aromatic nitrogens is 2. The van der Waals surface area contributed by atoms with Gasteiger partial charge in [-0.05, 0) is 19.3 Å². The second kappa shape index (κ2) is 4.35. The molecule has 0 saturated heterocycles. The van der Waals surface area contributed by atoms with Crippen LogP contribution in [0.4, 0.5) is 5.82 Å². The Morgan fingerprint density at radius 3 is 2.40 bits per heavy atom.